The molecule has 0 saturated heterocycles. The summed E-state index contributed by atoms with van der Waals surface area (Å²) in [4.78, 5) is 10.3. The summed E-state index contributed by atoms with van der Waals surface area (Å²) < 4.78 is 5.91. The lowest BCUT2D eigenvalue weighted by atomic mass is 10.1. The van der Waals surface area contributed by atoms with E-state index < -0.39 is 0 Å². The van der Waals surface area contributed by atoms with E-state index in [4.69, 9.17) is 4.74 Å². The lowest BCUT2D eigenvalue weighted by Crippen LogP contribution is -2.17. The van der Waals surface area contributed by atoms with E-state index in [-0.39, 0.29) is 0 Å². The second-order valence-corrected chi connectivity index (χ2v) is 5.93. The zero-order chi connectivity index (χ0) is 17.1. The molecule has 0 unspecified atom stereocenters. The second-order valence-electron chi connectivity index (χ2n) is 5.93. The summed E-state index contributed by atoms with van der Waals surface area (Å²) in [5, 5.41) is 9.24. The van der Waals surface area contributed by atoms with Gasteiger partial charge in [-0.1, -0.05) is 36.4 Å². The van der Waals surface area contributed by atoms with Gasteiger partial charge in [0.15, 0.2) is 5.82 Å². The Morgan fingerprint density at radius 1 is 1.08 bits per heavy atom. The van der Waals surface area contributed by atoms with E-state index in [0.29, 0.717) is 24.5 Å². The third kappa shape index (κ3) is 3.15. The minimum Gasteiger partial charge on any atom is -0.489 e. The Labute approximate surface area is 146 Å². The Morgan fingerprint density at radius 2 is 1.92 bits per heavy atom. The van der Waals surface area contributed by atoms with Crippen molar-refractivity contribution in [3.8, 4) is 11.8 Å². The van der Waals surface area contributed by atoms with Crippen LogP contribution in [0.3, 0.4) is 0 Å². The SMILES string of the molecule is N#Cc1cncnc1N1Cc2ccc(OCc3ccccc3)cc2C1. The smallest absolute Gasteiger partial charge is 0.150 e. The molecule has 5 heteroatoms. The molecule has 0 bridgehead atoms. The maximum absolute atomic E-state index is 9.24. The summed E-state index contributed by atoms with van der Waals surface area (Å²) in [5.74, 6) is 1.54. The molecule has 1 aliphatic rings. The van der Waals surface area contributed by atoms with E-state index in [1.807, 2.05) is 36.4 Å². The molecular formula is C20H16N4O. The largest absolute Gasteiger partial charge is 0.489 e. The molecule has 0 spiro atoms. The quantitative estimate of drug-likeness (QED) is 0.734. The highest BCUT2D eigenvalue weighted by atomic mass is 16.5. The van der Waals surface area contributed by atoms with Crippen LogP contribution >= 0.6 is 0 Å². The first-order chi connectivity index (χ1) is 12.3. The first-order valence-electron chi connectivity index (χ1n) is 8.07. The highest BCUT2D eigenvalue weighted by Crippen LogP contribution is 2.31. The van der Waals surface area contributed by atoms with Gasteiger partial charge in [0.2, 0.25) is 0 Å². The Hall–Kier alpha value is -3.39. The molecule has 4 rings (SSSR count). The van der Waals surface area contributed by atoms with Crippen molar-refractivity contribution in [1.29, 1.82) is 5.26 Å². The molecule has 1 aromatic heterocycles. The zero-order valence-corrected chi connectivity index (χ0v) is 13.6. The van der Waals surface area contributed by atoms with Crippen molar-refractivity contribution in [3.63, 3.8) is 0 Å². The Kier molecular flexibility index (Phi) is 4.01. The van der Waals surface area contributed by atoms with Gasteiger partial charge < -0.3 is 9.64 Å². The van der Waals surface area contributed by atoms with Crippen LogP contribution in [0.15, 0.2) is 61.1 Å². The highest BCUT2D eigenvalue weighted by molar-refractivity contribution is 5.56. The standard InChI is InChI=1S/C20H16N4O/c21-9-18-10-22-14-23-20(18)24-11-16-6-7-19(8-17(16)12-24)25-13-15-4-2-1-3-5-15/h1-8,10,14H,11-13H2. The lowest BCUT2D eigenvalue weighted by Gasteiger charge is -2.16. The number of fused-ring (bicyclic) bond motifs is 1. The van der Waals surface area contributed by atoms with Crippen LogP contribution in [-0.4, -0.2) is 9.97 Å². The molecule has 0 amide bonds. The molecule has 0 saturated carbocycles. The van der Waals surface area contributed by atoms with E-state index in [1.165, 1.54) is 17.5 Å². The molecule has 0 aliphatic carbocycles. The van der Waals surface area contributed by atoms with Crippen LogP contribution in [-0.2, 0) is 19.7 Å². The number of rotatable bonds is 4. The minimum atomic E-state index is 0.496. The van der Waals surface area contributed by atoms with Crippen molar-refractivity contribution in [2.24, 2.45) is 0 Å². The van der Waals surface area contributed by atoms with Gasteiger partial charge in [-0.2, -0.15) is 5.26 Å². The summed E-state index contributed by atoms with van der Waals surface area (Å²) in [6, 6.07) is 18.4. The molecule has 0 atom stereocenters. The van der Waals surface area contributed by atoms with Crippen LogP contribution in [0, 0.1) is 11.3 Å². The van der Waals surface area contributed by atoms with Crippen LogP contribution in [0.25, 0.3) is 0 Å². The minimum absolute atomic E-state index is 0.496. The molecule has 0 radical (unpaired) electrons. The molecule has 0 fully saturated rings. The number of hydrogen-bond acceptors (Lipinski definition) is 5. The summed E-state index contributed by atoms with van der Waals surface area (Å²) >= 11 is 0. The summed E-state index contributed by atoms with van der Waals surface area (Å²) in [7, 11) is 0. The lowest BCUT2D eigenvalue weighted by molar-refractivity contribution is 0.306. The zero-order valence-electron chi connectivity index (χ0n) is 13.6. The van der Waals surface area contributed by atoms with Crippen molar-refractivity contribution in [1.82, 2.24) is 9.97 Å². The van der Waals surface area contributed by atoms with Gasteiger partial charge in [-0.25, -0.2) is 9.97 Å². The van der Waals surface area contributed by atoms with Crippen molar-refractivity contribution in [2.75, 3.05) is 4.90 Å². The van der Waals surface area contributed by atoms with Gasteiger partial charge in [0.25, 0.3) is 0 Å². The van der Waals surface area contributed by atoms with Gasteiger partial charge in [0.05, 0.1) is 6.20 Å². The number of nitriles is 1. The van der Waals surface area contributed by atoms with Gasteiger partial charge in [-0.3, -0.25) is 0 Å². The molecule has 25 heavy (non-hydrogen) atoms. The fourth-order valence-electron chi connectivity index (χ4n) is 3.01. The number of hydrogen-bond donors (Lipinski definition) is 0. The van der Waals surface area contributed by atoms with Crippen molar-refractivity contribution >= 4 is 5.82 Å². The number of aromatic nitrogens is 2. The van der Waals surface area contributed by atoms with Gasteiger partial charge >= 0.3 is 0 Å². The number of nitrogens with zero attached hydrogens (tertiary/aromatic N) is 4. The fraction of sp³-hybridized carbons (Fsp3) is 0.150. The summed E-state index contributed by atoms with van der Waals surface area (Å²) in [6.45, 7) is 2.00. The van der Waals surface area contributed by atoms with Crippen LogP contribution in [0.2, 0.25) is 0 Å². The van der Waals surface area contributed by atoms with E-state index in [2.05, 4.69) is 33.1 Å². The topological polar surface area (TPSA) is 62.0 Å². The summed E-state index contributed by atoms with van der Waals surface area (Å²) in [5.41, 5.74) is 4.07. The van der Waals surface area contributed by atoms with E-state index >= 15 is 0 Å². The fourth-order valence-corrected chi connectivity index (χ4v) is 3.01. The van der Waals surface area contributed by atoms with Crippen LogP contribution in [0.1, 0.15) is 22.3 Å². The summed E-state index contributed by atoms with van der Waals surface area (Å²) in [6.07, 6.45) is 3.04. The molecule has 5 nitrogen and oxygen atoms in total. The number of ether oxygens (including phenoxy) is 1. The second kappa shape index (κ2) is 6.62. The number of benzene rings is 2. The molecule has 2 heterocycles. The van der Waals surface area contributed by atoms with Gasteiger partial charge in [-0.15, -0.1) is 0 Å². The van der Waals surface area contributed by atoms with Crippen molar-refractivity contribution in [3.05, 3.63) is 83.3 Å². The Balaban J connectivity index is 1.50. The monoisotopic (exact) mass is 328 g/mol. The third-order valence-electron chi connectivity index (χ3n) is 4.26. The van der Waals surface area contributed by atoms with Crippen LogP contribution in [0.5, 0.6) is 5.75 Å². The average molecular weight is 328 g/mol. The van der Waals surface area contributed by atoms with Gasteiger partial charge in [0.1, 0.15) is 30.3 Å². The Morgan fingerprint density at radius 3 is 2.76 bits per heavy atom. The molecule has 3 aromatic rings. The molecule has 1 aliphatic heterocycles. The first kappa shape index (κ1) is 15.2. The average Bonchev–Trinajstić information content (AvgIpc) is 3.10. The van der Waals surface area contributed by atoms with Crippen LogP contribution < -0.4 is 9.64 Å². The predicted octanol–water partition coefficient (Wildman–Crippen LogP) is 3.45. The molecule has 0 N–H and O–H groups in total. The molecular weight excluding hydrogens is 312 g/mol. The van der Waals surface area contributed by atoms with Crippen molar-refractivity contribution in [2.45, 2.75) is 19.7 Å². The number of anilines is 1. The first-order valence-corrected chi connectivity index (χ1v) is 8.07. The maximum Gasteiger partial charge on any atom is 0.150 e. The predicted molar refractivity (Wildman–Crippen MR) is 93.9 cm³/mol. The van der Waals surface area contributed by atoms with Crippen LogP contribution in [0.4, 0.5) is 5.82 Å². The third-order valence-corrected chi connectivity index (χ3v) is 4.26. The molecule has 2 aromatic carbocycles. The van der Waals surface area contributed by atoms with Gasteiger partial charge in [-0.05, 0) is 28.8 Å². The van der Waals surface area contributed by atoms with E-state index in [9.17, 15) is 5.26 Å². The van der Waals surface area contributed by atoms with Gasteiger partial charge in [0, 0.05) is 13.1 Å². The van der Waals surface area contributed by atoms with E-state index in [0.717, 1.165) is 17.9 Å². The highest BCUT2D eigenvalue weighted by Gasteiger charge is 2.22. The normalized spacial score (nSPS) is 12.5. The van der Waals surface area contributed by atoms with Crippen molar-refractivity contribution < 1.29 is 4.74 Å². The maximum atomic E-state index is 9.24. The van der Waals surface area contributed by atoms with E-state index in [1.54, 1.807) is 6.20 Å². The molecule has 122 valence electrons. The Bertz CT molecular complexity index is 934.